The molecule has 4 bridgehead atoms. The van der Waals surface area contributed by atoms with Crippen LogP contribution in [0.4, 0.5) is 4.79 Å². The average Bonchev–Trinajstić information content (AvgIpc) is 3.20. The van der Waals surface area contributed by atoms with Gasteiger partial charge in [-0.05, 0) is 113 Å². The van der Waals surface area contributed by atoms with Crippen molar-refractivity contribution in [2.75, 3.05) is 7.11 Å². The summed E-state index contributed by atoms with van der Waals surface area (Å²) < 4.78 is 5.91. The molecule has 178 valence electrons. The molecule has 0 radical (unpaired) electrons. The van der Waals surface area contributed by atoms with Crippen molar-refractivity contribution >= 4 is 32.9 Å². The number of ether oxygens (including phenoxy) is 1. The van der Waals surface area contributed by atoms with Gasteiger partial charge in [-0.2, -0.15) is 0 Å². The monoisotopic (exact) mass is 483 g/mol. The third-order valence-electron chi connectivity index (χ3n) is 9.03. The van der Waals surface area contributed by atoms with E-state index in [0.717, 1.165) is 51.6 Å². The Morgan fingerprint density at radius 3 is 2.11 bits per heavy atom. The second kappa shape index (κ2) is 7.86. The number of nitrogens with one attached hydrogen (secondary N) is 1. The fourth-order valence-electron chi connectivity index (χ4n) is 7.94. The third kappa shape index (κ3) is 3.50. The van der Waals surface area contributed by atoms with Gasteiger partial charge in [-0.15, -0.1) is 0 Å². The number of carbonyl (C=O) groups is 2. The van der Waals surface area contributed by atoms with Gasteiger partial charge in [-0.3, -0.25) is 9.59 Å². The van der Waals surface area contributed by atoms with Gasteiger partial charge in [0.25, 0.3) is 5.24 Å². The van der Waals surface area contributed by atoms with Crippen LogP contribution in [0.15, 0.2) is 54.6 Å². The zero-order chi connectivity index (χ0) is 23.7. The summed E-state index contributed by atoms with van der Waals surface area (Å²) in [6, 6.07) is 18.8. The van der Waals surface area contributed by atoms with Crippen LogP contribution in [0.5, 0.6) is 5.75 Å². The van der Waals surface area contributed by atoms with Gasteiger partial charge in [-0.25, -0.2) is 0 Å². The second-order valence-corrected chi connectivity index (χ2v) is 12.2. The molecular weight excluding hydrogens is 454 g/mol. The number of hydrogen-bond acceptors (Lipinski definition) is 4. The van der Waals surface area contributed by atoms with Gasteiger partial charge in [0.1, 0.15) is 11.8 Å². The largest absolute Gasteiger partial charge is 0.496 e. The Kier molecular flexibility index (Phi) is 4.82. The number of thioether (sulfide) groups is 1. The molecule has 3 aromatic carbocycles. The summed E-state index contributed by atoms with van der Waals surface area (Å²) in [6.07, 6.45) is 8.24. The maximum absolute atomic E-state index is 12.1. The van der Waals surface area contributed by atoms with E-state index >= 15 is 0 Å². The highest BCUT2D eigenvalue weighted by atomic mass is 32.2. The first-order valence-electron chi connectivity index (χ1n) is 12.7. The zero-order valence-electron chi connectivity index (χ0n) is 19.9. The molecule has 5 heteroatoms. The molecule has 4 nitrogen and oxygen atoms in total. The molecule has 4 aliphatic carbocycles. The minimum atomic E-state index is -0.555. The molecule has 1 unspecified atom stereocenters. The van der Waals surface area contributed by atoms with E-state index in [1.165, 1.54) is 55.2 Å². The number of rotatable bonds is 4. The standard InChI is InChI=1S/C30H29NO3S/c1-34-26-7-6-23(13-25(26)30-14-17-8-18(15-30)10-19(9-17)16-30)21-2-3-22-12-24(5-4-20(22)11-21)27-28(32)35-29(33)31-27/h2-7,11-13,17-19,27H,8-10,14-16H2,1H3,(H,31,33). The van der Waals surface area contributed by atoms with Crippen molar-refractivity contribution in [3.8, 4) is 16.9 Å². The lowest BCUT2D eigenvalue weighted by Crippen LogP contribution is -2.48. The summed E-state index contributed by atoms with van der Waals surface area (Å²) in [6.45, 7) is 0. The second-order valence-electron chi connectivity index (χ2n) is 11.2. The number of benzene rings is 3. The van der Waals surface area contributed by atoms with Crippen molar-refractivity contribution in [1.82, 2.24) is 5.32 Å². The molecule has 0 aromatic heterocycles. The van der Waals surface area contributed by atoms with E-state index in [4.69, 9.17) is 4.74 Å². The fraction of sp³-hybridized carbons (Fsp3) is 0.400. The first-order valence-corrected chi connectivity index (χ1v) is 13.6. The Morgan fingerprint density at radius 1 is 0.829 bits per heavy atom. The molecule has 5 aliphatic rings. The first-order chi connectivity index (χ1) is 17.0. The summed E-state index contributed by atoms with van der Waals surface area (Å²) in [5.74, 6) is 3.71. The highest BCUT2D eigenvalue weighted by Gasteiger charge is 2.52. The summed E-state index contributed by atoms with van der Waals surface area (Å²) in [5.41, 5.74) is 4.96. The molecule has 5 fully saturated rings. The lowest BCUT2D eigenvalue weighted by atomic mass is 9.48. The maximum atomic E-state index is 12.1. The number of hydrogen-bond donors (Lipinski definition) is 1. The van der Waals surface area contributed by atoms with Crippen LogP contribution in [-0.2, 0) is 10.2 Å². The lowest BCUT2D eigenvalue weighted by molar-refractivity contribution is -0.112. The summed E-state index contributed by atoms with van der Waals surface area (Å²) in [7, 11) is 1.81. The highest BCUT2D eigenvalue weighted by molar-refractivity contribution is 8.26. The van der Waals surface area contributed by atoms with E-state index in [1.807, 2.05) is 19.2 Å². The van der Waals surface area contributed by atoms with E-state index in [2.05, 4.69) is 47.8 Å². The van der Waals surface area contributed by atoms with Gasteiger partial charge in [0, 0.05) is 17.3 Å². The van der Waals surface area contributed by atoms with E-state index in [9.17, 15) is 9.59 Å². The average molecular weight is 484 g/mol. The third-order valence-corrected chi connectivity index (χ3v) is 9.77. The van der Waals surface area contributed by atoms with E-state index < -0.39 is 6.04 Å². The van der Waals surface area contributed by atoms with E-state index in [0.29, 0.717) is 0 Å². The molecule has 8 rings (SSSR count). The molecule has 1 N–H and O–H groups in total. The first kappa shape index (κ1) is 21.5. The van der Waals surface area contributed by atoms with Crippen LogP contribution in [0, 0.1) is 17.8 Å². The SMILES string of the molecule is COc1ccc(-c2ccc3cc(C4NC(=O)SC4=O)ccc3c2)cc1C12CC3CC(CC(C3)C1)C2. The van der Waals surface area contributed by atoms with Gasteiger partial charge < -0.3 is 10.1 Å². The predicted octanol–water partition coefficient (Wildman–Crippen LogP) is 7.01. The van der Waals surface area contributed by atoms with Crippen LogP contribution < -0.4 is 10.1 Å². The minimum absolute atomic E-state index is 0.138. The van der Waals surface area contributed by atoms with Gasteiger partial charge >= 0.3 is 0 Å². The highest BCUT2D eigenvalue weighted by Crippen LogP contribution is 2.62. The molecular formula is C30H29NO3S. The number of methoxy groups -OCH3 is 1. The molecule has 4 saturated carbocycles. The number of carbonyl (C=O) groups excluding carboxylic acids is 2. The Bertz CT molecular complexity index is 1340. The quantitative estimate of drug-likeness (QED) is 0.434. The van der Waals surface area contributed by atoms with Gasteiger partial charge in [0.05, 0.1) is 7.11 Å². The van der Waals surface area contributed by atoms with Crippen molar-refractivity contribution in [2.24, 2.45) is 17.8 Å². The molecule has 1 aliphatic heterocycles. The Balaban J connectivity index is 1.25. The van der Waals surface area contributed by atoms with Crippen LogP contribution in [0.3, 0.4) is 0 Å². The predicted molar refractivity (Wildman–Crippen MR) is 140 cm³/mol. The molecule has 3 aromatic rings. The van der Waals surface area contributed by atoms with Gasteiger partial charge in [-0.1, -0.05) is 30.3 Å². The number of fused-ring (bicyclic) bond motifs is 1. The molecule has 35 heavy (non-hydrogen) atoms. The van der Waals surface area contributed by atoms with E-state index in [-0.39, 0.29) is 15.8 Å². The van der Waals surface area contributed by atoms with Gasteiger partial charge in [0.2, 0.25) is 5.12 Å². The van der Waals surface area contributed by atoms with Crippen LogP contribution in [0.1, 0.15) is 55.7 Å². The van der Waals surface area contributed by atoms with Crippen LogP contribution >= 0.6 is 11.8 Å². The van der Waals surface area contributed by atoms with Crippen LogP contribution in [-0.4, -0.2) is 17.5 Å². The van der Waals surface area contributed by atoms with E-state index in [1.54, 1.807) is 0 Å². The van der Waals surface area contributed by atoms with Gasteiger partial charge in [0.15, 0.2) is 0 Å². The van der Waals surface area contributed by atoms with Crippen molar-refractivity contribution < 1.29 is 14.3 Å². The molecule has 1 saturated heterocycles. The number of amides is 1. The van der Waals surface area contributed by atoms with Crippen LogP contribution in [0.25, 0.3) is 21.9 Å². The zero-order valence-corrected chi connectivity index (χ0v) is 20.7. The Morgan fingerprint density at radius 2 is 1.46 bits per heavy atom. The van der Waals surface area contributed by atoms with Crippen molar-refractivity contribution in [3.63, 3.8) is 0 Å². The van der Waals surface area contributed by atoms with Crippen molar-refractivity contribution in [2.45, 2.75) is 50.0 Å². The molecule has 1 amide bonds. The van der Waals surface area contributed by atoms with Crippen molar-refractivity contribution in [1.29, 1.82) is 0 Å². The normalized spacial score (nSPS) is 31.2. The summed E-state index contributed by atoms with van der Waals surface area (Å²) in [4.78, 5) is 23.7. The summed E-state index contributed by atoms with van der Waals surface area (Å²) >= 11 is 0.754. The minimum Gasteiger partial charge on any atom is -0.496 e. The van der Waals surface area contributed by atoms with Crippen LogP contribution in [0.2, 0.25) is 0 Å². The smallest absolute Gasteiger partial charge is 0.287 e. The lowest BCUT2D eigenvalue weighted by Gasteiger charge is -2.57. The molecule has 1 heterocycles. The summed E-state index contributed by atoms with van der Waals surface area (Å²) in [5, 5.41) is 4.54. The molecule has 1 atom stereocenters. The molecule has 0 spiro atoms. The topological polar surface area (TPSA) is 55.4 Å². The van der Waals surface area contributed by atoms with Crippen molar-refractivity contribution in [3.05, 3.63) is 65.7 Å². The Hall–Kier alpha value is -2.79. The fourth-order valence-corrected chi connectivity index (χ4v) is 8.61. The maximum Gasteiger partial charge on any atom is 0.287 e. The Labute approximate surface area is 209 Å².